The highest BCUT2D eigenvalue weighted by Crippen LogP contribution is 2.23. The maximum absolute atomic E-state index is 12.2. The molecular formula is C16H21N3O2S. The third-order valence-corrected chi connectivity index (χ3v) is 4.95. The lowest BCUT2D eigenvalue weighted by molar-refractivity contribution is -0.127. The molecule has 5 nitrogen and oxygen atoms in total. The molecule has 0 N–H and O–H groups in total. The molecule has 1 aromatic heterocycles. The summed E-state index contributed by atoms with van der Waals surface area (Å²) in [6, 6.07) is 3.76. The minimum Gasteiger partial charge on any atom is -0.462 e. The molecule has 0 unspecified atom stereocenters. The second kappa shape index (κ2) is 6.60. The summed E-state index contributed by atoms with van der Waals surface area (Å²) in [5.41, 5.74) is 0. The Bertz CT molecular complexity index is 600. The molecule has 1 amide bonds. The topological polar surface area (TPSA) is 49.1 Å². The van der Waals surface area contributed by atoms with E-state index in [0.29, 0.717) is 5.25 Å². The summed E-state index contributed by atoms with van der Waals surface area (Å²) >= 11 is 1.84. The van der Waals surface area contributed by atoms with Crippen molar-refractivity contribution in [2.45, 2.75) is 19.1 Å². The average molecular weight is 319 g/mol. The highest BCUT2D eigenvalue weighted by molar-refractivity contribution is 8.14. The number of nitrogens with zero attached hydrogens (tertiary/aromatic N) is 3. The van der Waals surface area contributed by atoms with Crippen LogP contribution in [0.2, 0.25) is 0 Å². The summed E-state index contributed by atoms with van der Waals surface area (Å²) in [6.07, 6.45) is 3.33. The van der Waals surface area contributed by atoms with Crippen molar-refractivity contribution in [3.8, 4) is 0 Å². The Kier molecular flexibility index (Phi) is 4.57. The number of carbonyl (C=O) groups is 1. The average Bonchev–Trinajstić information content (AvgIpc) is 3.13. The third kappa shape index (κ3) is 3.55. The van der Waals surface area contributed by atoms with Gasteiger partial charge < -0.3 is 14.2 Å². The van der Waals surface area contributed by atoms with Crippen molar-refractivity contribution < 1.29 is 9.21 Å². The van der Waals surface area contributed by atoms with Gasteiger partial charge in [-0.15, -0.1) is 0 Å². The van der Waals surface area contributed by atoms with Crippen molar-refractivity contribution in [3.63, 3.8) is 0 Å². The van der Waals surface area contributed by atoms with Crippen molar-refractivity contribution in [1.29, 1.82) is 0 Å². The monoisotopic (exact) mass is 319 g/mol. The Labute approximate surface area is 135 Å². The minimum absolute atomic E-state index is 0.0445. The molecule has 0 aliphatic carbocycles. The second-order valence-corrected chi connectivity index (χ2v) is 7.05. The normalized spacial score (nSPS) is 22.5. The van der Waals surface area contributed by atoms with Gasteiger partial charge in [0, 0.05) is 37.5 Å². The van der Waals surface area contributed by atoms with E-state index in [9.17, 15) is 4.79 Å². The molecule has 0 bridgehead atoms. The summed E-state index contributed by atoms with van der Waals surface area (Å²) in [5.74, 6) is 1.61. The van der Waals surface area contributed by atoms with E-state index in [1.54, 1.807) is 12.2 Å². The number of furan rings is 1. The van der Waals surface area contributed by atoms with Crippen molar-refractivity contribution in [1.82, 2.24) is 9.80 Å². The van der Waals surface area contributed by atoms with Crippen LogP contribution < -0.4 is 0 Å². The standard InChI is InChI=1S/C16H21N3O2S/c1-12-3-4-14(21-12)5-6-15(20)18-7-9-19(10-8-18)16-17-11-13(2)22-16/h3-6,13H,7-11H2,1-2H3/b6-5+/t13-/m1/s1. The molecule has 1 aromatic rings. The van der Waals surface area contributed by atoms with Crippen LogP contribution in [0.25, 0.3) is 6.08 Å². The van der Waals surface area contributed by atoms with Crippen molar-refractivity contribution in [2.24, 2.45) is 4.99 Å². The van der Waals surface area contributed by atoms with Crippen molar-refractivity contribution in [3.05, 3.63) is 29.7 Å². The van der Waals surface area contributed by atoms with Gasteiger partial charge in [-0.3, -0.25) is 9.79 Å². The molecule has 2 aliphatic rings. The van der Waals surface area contributed by atoms with Gasteiger partial charge in [0.25, 0.3) is 0 Å². The van der Waals surface area contributed by atoms with Crippen LogP contribution in [-0.4, -0.2) is 58.8 Å². The van der Waals surface area contributed by atoms with Crippen molar-refractivity contribution >= 4 is 28.9 Å². The Balaban J connectivity index is 1.50. The van der Waals surface area contributed by atoms with Gasteiger partial charge in [0.1, 0.15) is 11.5 Å². The predicted molar refractivity (Wildman–Crippen MR) is 90.0 cm³/mol. The van der Waals surface area contributed by atoms with E-state index in [2.05, 4.69) is 16.8 Å². The largest absolute Gasteiger partial charge is 0.462 e. The number of rotatable bonds is 2. The zero-order chi connectivity index (χ0) is 15.5. The quantitative estimate of drug-likeness (QED) is 0.785. The maximum Gasteiger partial charge on any atom is 0.246 e. The molecule has 2 aliphatic heterocycles. The molecule has 1 atom stereocenters. The fourth-order valence-electron chi connectivity index (χ4n) is 2.56. The number of hydrogen-bond acceptors (Lipinski definition) is 5. The van der Waals surface area contributed by atoms with Gasteiger partial charge in [0.15, 0.2) is 5.17 Å². The molecule has 0 radical (unpaired) electrons. The van der Waals surface area contributed by atoms with E-state index >= 15 is 0 Å². The van der Waals surface area contributed by atoms with E-state index < -0.39 is 0 Å². The minimum atomic E-state index is 0.0445. The van der Waals surface area contributed by atoms with Crippen LogP contribution in [-0.2, 0) is 4.79 Å². The third-order valence-electron chi connectivity index (χ3n) is 3.80. The van der Waals surface area contributed by atoms with Crippen LogP contribution in [0, 0.1) is 6.92 Å². The van der Waals surface area contributed by atoms with Gasteiger partial charge in [-0.05, 0) is 25.1 Å². The fraction of sp³-hybridized carbons (Fsp3) is 0.500. The van der Waals surface area contributed by atoms with E-state index in [1.807, 2.05) is 35.7 Å². The van der Waals surface area contributed by atoms with E-state index in [0.717, 1.165) is 49.4 Å². The molecule has 0 spiro atoms. The molecule has 22 heavy (non-hydrogen) atoms. The number of aliphatic imine (C=N–C) groups is 1. The van der Waals surface area contributed by atoms with E-state index in [-0.39, 0.29) is 5.91 Å². The van der Waals surface area contributed by atoms with Crippen LogP contribution in [0.4, 0.5) is 0 Å². The second-order valence-electron chi connectivity index (χ2n) is 5.65. The molecule has 0 aromatic carbocycles. The number of thioether (sulfide) groups is 1. The summed E-state index contributed by atoms with van der Waals surface area (Å²) in [4.78, 5) is 20.9. The van der Waals surface area contributed by atoms with Crippen LogP contribution >= 0.6 is 11.8 Å². The Morgan fingerprint density at radius 1 is 1.36 bits per heavy atom. The zero-order valence-electron chi connectivity index (χ0n) is 13.0. The van der Waals surface area contributed by atoms with E-state index in [4.69, 9.17) is 4.42 Å². The number of amides is 1. The molecule has 1 fully saturated rings. The van der Waals surface area contributed by atoms with Crippen LogP contribution in [0.15, 0.2) is 27.6 Å². The number of aryl methyl sites for hydroxylation is 1. The Morgan fingerprint density at radius 2 is 2.14 bits per heavy atom. The summed E-state index contributed by atoms with van der Waals surface area (Å²) in [6.45, 7) is 8.20. The highest BCUT2D eigenvalue weighted by atomic mass is 32.2. The van der Waals surface area contributed by atoms with Gasteiger partial charge in [-0.25, -0.2) is 0 Å². The molecule has 3 rings (SSSR count). The van der Waals surface area contributed by atoms with Crippen LogP contribution in [0.5, 0.6) is 0 Å². The van der Waals surface area contributed by atoms with Gasteiger partial charge in [-0.1, -0.05) is 18.7 Å². The molecule has 3 heterocycles. The first-order chi connectivity index (χ1) is 10.6. The van der Waals surface area contributed by atoms with Crippen LogP contribution in [0.3, 0.4) is 0 Å². The molecular weight excluding hydrogens is 298 g/mol. The lowest BCUT2D eigenvalue weighted by Gasteiger charge is -2.35. The SMILES string of the molecule is Cc1ccc(/C=C/C(=O)N2CCN(C3=NC[C@@H](C)S3)CC2)o1. The van der Waals surface area contributed by atoms with Crippen molar-refractivity contribution in [2.75, 3.05) is 32.7 Å². The molecule has 118 valence electrons. The van der Waals surface area contributed by atoms with Gasteiger partial charge >= 0.3 is 0 Å². The summed E-state index contributed by atoms with van der Waals surface area (Å²) < 4.78 is 5.43. The lowest BCUT2D eigenvalue weighted by atomic mass is 10.3. The maximum atomic E-state index is 12.2. The van der Waals surface area contributed by atoms with Gasteiger partial charge in [-0.2, -0.15) is 0 Å². The summed E-state index contributed by atoms with van der Waals surface area (Å²) in [5, 5.41) is 1.72. The molecule has 6 heteroatoms. The first-order valence-corrected chi connectivity index (χ1v) is 8.49. The van der Waals surface area contributed by atoms with Gasteiger partial charge in [0.05, 0.1) is 6.54 Å². The Morgan fingerprint density at radius 3 is 2.73 bits per heavy atom. The number of piperazine rings is 1. The zero-order valence-corrected chi connectivity index (χ0v) is 13.8. The van der Waals surface area contributed by atoms with Crippen LogP contribution in [0.1, 0.15) is 18.4 Å². The smallest absolute Gasteiger partial charge is 0.246 e. The Hall–Kier alpha value is -1.69. The number of carbonyl (C=O) groups excluding carboxylic acids is 1. The van der Waals surface area contributed by atoms with E-state index in [1.165, 1.54) is 0 Å². The first kappa shape index (κ1) is 15.2. The summed E-state index contributed by atoms with van der Waals surface area (Å²) in [7, 11) is 0. The predicted octanol–water partition coefficient (Wildman–Crippen LogP) is 2.24. The lowest BCUT2D eigenvalue weighted by Crippen LogP contribution is -2.49. The van der Waals surface area contributed by atoms with Gasteiger partial charge in [0.2, 0.25) is 5.91 Å². The highest BCUT2D eigenvalue weighted by Gasteiger charge is 2.25. The first-order valence-electron chi connectivity index (χ1n) is 7.61. The number of hydrogen-bond donors (Lipinski definition) is 0. The molecule has 1 saturated heterocycles. The molecule has 0 saturated carbocycles. The number of amidine groups is 1. The fourth-order valence-corrected chi connectivity index (χ4v) is 3.55.